The molecule has 0 saturated carbocycles. The number of nitrogens with two attached hydrogens (primary N) is 2. The highest BCUT2D eigenvalue weighted by Gasteiger charge is 2.03. The van der Waals surface area contributed by atoms with Crippen molar-refractivity contribution in [3.05, 3.63) is 0 Å². The van der Waals surface area contributed by atoms with Gasteiger partial charge in [-0.1, -0.05) is 0 Å². The van der Waals surface area contributed by atoms with Gasteiger partial charge in [-0.25, -0.2) is 9.59 Å². The van der Waals surface area contributed by atoms with Crippen molar-refractivity contribution in [3.8, 4) is 0 Å². The summed E-state index contributed by atoms with van der Waals surface area (Å²) in [6, 6.07) is -1.52. The van der Waals surface area contributed by atoms with Crippen LogP contribution in [0.3, 0.4) is 0 Å². The predicted octanol–water partition coefficient (Wildman–Crippen LogP) is -2.52. The van der Waals surface area contributed by atoms with Gasteiger partial charge in [0, 0.05) is 0 Å². The molecule has 0 aliphatic heterocycles. The van der Waals surface area contributed by atoms with Gasteiger partial charge >= 0.3 is 12.1 Å². The van der Waals surface area contributed by atoms with E-state index < -0.39 is 25.5 Å². The molecule has 0 aromatic rings. The van der Waals surface area contributed by atoms with Crippen molar-refractivity contribution >= 4 is 12.1 Å². The second-order valence-corrected chi connectivity index (χ2v) is 1.74. The number of hydrogen-bond acceptors (Lipinski definition) is 5. The smallest absolute Gasteiger partial charge is 0.340 e. The maximum Gasteiger partial charge on any atom is 0.340 e. The van der Waals surface area contributed by atoms with Crippen molar-refractivity contribution in [1.29, 1.82) is 0 Å². The molecule has 14 heavy (non-hydrogen) atoms. The Morgan fingerprint density at radius 3 is 1.93 bits per heavy atom. The molecule has 0 aliphatic rings. The van der Waals surface area contributed by atoms with Crippen LogP contribution in [0.1, 0.15) is 0 Å². The minimum atomic E-state index is -0.810. The van der Waals surface area contributed by atoms with E-state index in [4.69, 9.17) is 10.2 Å². The first kappa shape index (κ1) is 14.9. The summed E-state index contributed by atoms with van der Waals surface area (Å²) in [4.78, 5) is 23.8. The van der Waals surface area contributed by atoms with Gasteiger partial charge in [0.2, 0.25) is 0 Å². The van der Waals surface area contributed by atoms with E-state index in [0.29, 0.717) is 5.06 Å². The Morgan fingerprint density at radius 1 is 1.43 bits per heavy atom. The Balaban J connectivity index is 0. The summed E-state index contributed by atoms with van der Waals surface area (Å²) in [5.41, 5.74) is 9.15. The largest absolute Gasteiger partial charge is 0.376 e. The fourth-order valence-corrected chi connectivity index (χ4v) is 0.295. The molecule has 0 aromatic carbocycles. The van der Waals surface area contributed by atoms with Crippen LogP contribution in [0.5, 0.6) is 0 Å². The first-order chi connectivity index (χ1) is 6.49. The summed E-state index contributed by atoms with van der Waals surface area (Å²) < 4.78 is 0. The van der Waals surface area contributed by atoms with E-state index in [-0.39, 0.29) is 0 Å². The summed E-state index contributed by atoms with van der Waals surface area (Å²) in [6.07, 6.45) is 0. The van der Waals surface area contributed by atoms with Crippen molar-refractivity contribution in [3.63, 3.8) is 0 Å². The van der Waals surface area contributed by atoms with Crippen molar-refractivity contribution in [2.75, 3.05) is 20.6 Å². The minimum Gasteiger partial charge on any atom is -0.376 e. The second kappa shape index (κ2) is 9.51. The molecule has 4 amide bonds. The Labute approximate surface area is 80.2 Å². The van der Waals surface area contributed by atoms with E-state index in [9.17, 15) is 9.59 Å². The summed E-state index contributed by atoms with van der Waals surface area (Å²) in [7, 11) is 1.24. The molecule has 7 N–H and O–H groups in total. The molecule has 9 nitrogen and oxygen atoms in total. The number of carbonyl (C=O) groups excluding carboxylic acids is 2. The molecule has 0 saturated heterocycles. The average molecular weight is 210 g/mol. The van der Waals surface area contributed by atoms with Gasteiger partial charge < -0.3 is 27.0 Å². The highest BCUT2D eigenvalue weighted by Crippen LogP contribution is 1.81. The SMILES string of the molecule is CON(CO)C(N)=O.NC(=O)NCO. The van der Waals surface area contributed by atoms with Gasteiger partial charge in [-0.2, -0.15) is 5.06 Å². The molecule has 0 aliphatic carbocycles. The quantitative estimate of drug-likeness (QED) is 0.257. The third kappa shape index (κ3) is 10.4. The molecule has 0 aromatic heterocycles. The van der Waals surface area contributed by atoms with Crippen LogP contribution < -0.4 is 16.8 Å². The van der Waals surface area contributed by atoms with Crippen LogP contribution in [0.25, 0.3) is 0 Å². The molecule has 0 spiro atoms. The summed E-state index contributed by atoms with van der Waals surface area (Å²) >= 11 is 0. The summed E-state index contributed by atoms with van der Waals surface area (Å²) in [5, 5.41) is 18.5. The summed E-state index contributed by atoms with van der Waals surface area (Å²) in [5.74, 6) is 0. The van der Waals surface area contributed by atoms with Crippen molar-refractivity contribution in [1.82, 2.24) is 10.4 Å². The Kier molecular flexibility index (Phi) is 10.1. The molecule has 9 heteroatoms. The van der Waals surface area contributed by atoms with E-state index in [1.165, 1.54) is 7.11 Å². The molecule has 0 fully saturated rings. The third-order valence-electron chi connectivity index (χ3n) is 0.848. The number of nitrogens with zero attached hydrogens (tertiary/aromatic N) is 1. The number of aliphatic hydroxyl groups excluding tert-OH is 2. The monoisotopic (exact) mass is 210 g/mol. The number of carbonyl (C=O) groups is 2. The molecular formula is C5H14N4O5. The molecule has 0 unspecified atom stereocenters. The normalized spacial score (nSPS) is 8.21. The van der Waals surface area contributed by atoms with Gasteiger partial charge in [-0.05, 0) is 0 Å². The van der Waals surface area contributed by atoms with Crippen molar-refractivity contribution in [2.45, 2.75) is 0 Å². The van der Waals surface area contributed by atoms with Crippen LogP contribution in [0.2, 0.25) is 0 Å². The maximum atomic E-state index is 10.0. The molecule has 0 radical (unpaired) electrons. The fourth-order valence-electron chi connectivity index (χ4n) is 0.295. The van der Waals surface area contributed by atoms with Gasteiger partial charge in [0.05, 0.1) is 7.11 Å². The van der Waals surface area contributed by atoms with Crippen molar-refractivity contribution in [2.24, 2.45) is 11.5 Å². The van der Waals surface area contributed by atoms with E-state index >= 15 is 0 Å². The minimum absolute atomic E-state index is 0.394. The van der Waals surface area contributed by atoms with Crippen LogP contribution in [-0.4, -0.2) is 47.9 Å². The highest BCUT2D eigenvalue weighted by molar-refractivity contribution is 5.71. The maximum absolute atomic E-state index is 10.0. The number of primary amides is 2. The number of rotatable bonds is 3. The van der Waals surface area contributed by atoms with Gasteiger partial charge in [-0.15, -0.1) is 0 Å². The van der Waals surface area contributed by atoms with Gasteiger partial charge in [0.25, 0.3) is 0 Å². The molecule has 0 atom stereocenters. The predicted molar refractivity (Wildman–Crippen MR) is 45.3 cm³/mol. The number of amides is 4. The fraction of sp³-hybridized carbons (Fsp3) is 0.600. The lowest BCUT2D eigenvalue weighted by atomic mass is 11.0. The Morgan fingerprint density at radius 2 is 1.93 bits per heavy atom. The topological polar surface area (TPSA) is 151 Å². The van der Waals surface area contributed by atoms with Gasteiger partial charge in [0.15, 0.2) is 0 Å². The highest BCUT2D eigenvalue weighted by atomic mass is 16.7. The zero-order valence-corrected chi connectivity index (χ0v) is 7.64. The zero-order valence-electron chi connectivity index (χ0n) is 7.64. The lowest BCUT2D eigenvalue weighted by Gasteiger charge is -2.11. The van der Waals surface area contributed by atoms with Crippen LogP contribution >= 0.6 is 0 Å². The average Bonchev–Trinajstić information content (AvgIpc) is 2.06. The van der Waals surface area contributed by atoms with E-state index in [1.54, 1.807) is 0 Å². The number of urea groups is 2. The molecular weight excluding hydrogens is 196 g/mol. The number of nitrogens with one attached hydrogen (secondary N) is 1. The molecule has 0 heterocycles. The van der Waals surface area contributed by atoms with Crippen LogP contribution in [-0.2, 0) is 4.84 Å². The Bertz CT molecular complexity index is 172. The van der Waals surface area contributed by atoms with E-state index in [1.807, 2.05) is 5.32 Å². The van der Waals surface area contributed by atoms with Crippen LogP contribution in [0, 0.1) is 0 Å². The number of hydrogen-bond donors (Lipinski definition) is 5. The first-order valence-corrected chi connectivity index (χ1v) is 3.35. The summed E-state index contributed by atoms with van der Waals surface area (Å²) in [6.45, 7) is -0.916. The second-order valence-electron chi connectivity index (χ2n) is 1.74. The van der Waals surface area contributed by atoms with E-state index in [0.717, 1.165) is 0 Å². The molecule has 0 bridgehead atoms. The lowest BCUT2D eigenvalue weighted by molar-refractivity contribution is -0.127. The lowest BCUT2D eigenvalue weighted by Crippen LogP contribution is -2.35. The van der Waals surface area contributed by atoms with Gasteiger partial charge in [0.1, 0.15) is 13.5 Å². The zero-order chi connectivity index (χ0) is 11.6. The standard InChI is InChI=1S/C3H8N2O3.C2H6N2O2/c1-8-5(2-6)3(4)7;3-2(6)4-1-5/h6H,2H2,1H3,(H2,4,7);5H,1H2,(H3,3,4,6). The molecule has 0 rings (SSSR count). The third-order valence-corrected chi connectivity index (χ3v) is 0.848. The van der Waals surface area contributed by atoms with Crippen LogP contribution in [0.15, 0.2) is 0 Å². The first-order valence-electron chi connectivity index (χ1n) is 3.35. The Hall–Kier alpha value is -1.58. The number of aliphatic hydroxyl groups is 2. The van der Waals surface area contributed by atoms with Crippen LogP contribution in [0.4, 0.5) is 9.59 Å². The van der Waals surface area contributed by atoms with Crippen molar-refractivity contribution < 1.29 is 24.6 Å². The van der Waals surface area contributed by atoms with Gasteiger partial charge in [-0.3, -0.25) is 4.84 Å². The van der Waals surface area contributed by atoms with E-state index in [2.05, 4.69) is 16.3 Å². The number of hydroxylamine groups is 2. The molecule has 84 valence electrons.